The van der Waals surface area contributed by atoms with Gasteiger partial charge in [0.15, 0.2) is 0 Å². The van der Waals surface area contributed by atoms with Crippen LogP contribution in [0.15, 0.2) is 47.2 Å². The first-order valence-corrected chi connectivity index (χ1v) is 11.3. The van der Waals surface area contributed by atoms with E-state index in [4.69, 9.17) is 4.98 Å². The van der Waals surface area contributed by atoms with Gasteiger partial charge in [0, 0.05) is 42.5 Å². The smallest absolute Gasteiger partial charge is 0.225 e. The number of hydrogen-bond acceptors (Lipinski definition) is 7. The van der Waals surface area contributed by atoms with Crippen LogP contribution >= 0.6 is 0 Å². The zero-order valence-electron chi connectivity index (χ0n) is 19.2. The summed E-state index contributed by atoms with van der Waals surface area (Å²) in [4.78, 5) is 12.0. The van der Waals surface area contributed by atoms with Gasteiger partial charge in [-0.1, -0.05) is 33.4 Å². The van der Waals surface area contributed by atoms with Crippen LogP contribution in [-0.4, -0.2) is 42.2 Å². The molecule has 2 heterocycles. The van der Waals surface area contributed by atoms with Gasteiger partial charge in [0.2, 0.25) is 5.95 Å². The second-order valence-corrected chi connectivity index (χ2v) is 8.11. The topological polar surface area (TPSA) is 77.8 Å². The number of hydrogen-bond donors (Lipinski definition) is 2. The standard InChI is InChI=1S/C23H39N7/c1-7-17(3)19(5)30(16-12-18(4)27-20(6)29-26-8-2)23-25-15-11-22(28-23)21-9-13-24-14-10-21/h11,15,17,19,21,24,27H,4,6-10,12-14,16H2,1-3,5H3/t17?,19-/m1/s1. The summed E-state index contributed by atoms with van der Waals surface area (Å²) in [5, 5.41) is 14.6. The molecule has 0 aliphatic carbocycles. The fourth-order valence-electron chi connectivity index (χ4n) is 3.68. The van der Waals surface area contributed by atoms with E-state index in [1.54, 1.807) is 0 Å². The Kier molecular flexibility index (Phi) is 9.94. The van der Waals surface area contributed by atoms with Crippen molar-refractivity contribution in [2.24, 2.45) is 16.1 Å². The van der Waals surface area contributed by atoms with Crippen molar-refractivity contribution >= 4 is 5.95 Å². The molecule has 30 heavy (non-hydrogen) atoms. The second-order valence-electron chi connectivity index (χ2n) is 8.11. The van der Waals surface area contributed by atoms with E-state index in [0.29, 0.717) is 30.2 Å². The summed E-state index contributed by atoms with van der Waals surface area (Å²) in [5.74, 6) is 2.38. The third-order valence-corrected chi connectivity index (χ3v) is 5.95. The molecule has 7 heteroatoms. The van der Waals surface area contributed by atoms with Crippen LogP contribution in [0, 0.1) is 5.92 Å². The molecule has 0 amide bonds. The van der Waals surface area contributed by atoms with E-state index in [2.05, 4.69) is 70.7 Å². The van der Waals surface area contributed by atoms with Crippen molar-refractivity contribution in [3.63, 3.8) is 0 Å². The fourth-order valence-corrected chi connectivity index (χ4v) is 3.68. The van der Waals surface area contributed by atoms with E-state index in [1.807, 2.05) is 13.1 Å². The summed E-state index contributed by atoms with van der Waals surface area (Å²) < 4.78 is 0. The van der Waals surface area contributed by atoms with Crippen molar-refractivity contribution in [2.75, 3.05) is 31.1 Å². The van der Waals surface area contributed by atoms with E-state index in [9.17, 15) is 0 Å². The van der Waals surface area contributed by atoms with Gasteiger partial charge in [0.1, 0.15) is 5.82 Å². The highest BCUT2D eigenvalue weighted by molar-refractivity contribution is 5.33. The largest absolute Gasteiger partial charge is 0.343 e. The highest BCUT2D eigenvalue weighted by atomic mass is 15.3. The third-order valence-electron chi connectivity index (χ3n) is 5.95. The Morgan fingerprint density at radius 3 is 2.70 bits per heavy atom. The quantitative estimate of drug-likeness (QED) is 0.489. The van der Waals surface area contributed by atoms with Crippen molar-refractivity contribution in [1.82, 2.24) is 20.6 Å². The molecule has 0 saturated carbocycles. The lowest BCUT2D eigenvalue weighted by Gasteiger charge is -2.34. The maximum absolute atomic E-state index is 5.00. The van der Waals surface area contributed by atoms with Gasteiger partial charge in [-0.25, -0.2) is 9.97 Å². The van der Waals surface area contributed by atoms with Gasteiger partial charge in [-0.05, 0) is 51.8 Å². The van der Waals surface area contributed by atoms with Gasteiger partial charge >= 0.3 is 0 Å². The van der Waals surface area contributed by atoms with Gasteiger partial charge in [-0.15, -0.1) is 5.11 Å². The predicted molar refractivity (Wildman–Crippen MR) is 125 cm³/mol. The zero-order chi connectivity index (χ0) is 21.9. The highest BCUT2D eigenvalue weighted by Crippen LogP contribution is 2.26. The van der Waals surface area contributed by atoms with Crippen LogP contribution in [-0.2, 0) is 0 Å². The molecule has 1 aliphatic heterocycles. The maximum atomic E-state index is 5.00. The van der Waals surface area contributed by atoms with Gasteiger partial charge in [0.25, 0.3) is 0 Å². The number of aromatic nitrogens is 2. The first kappa shape index (κ1) is 24.0. The average molecular weight is 414 g/mol. The molecule has 1 aromatic heterocycles. The Hall–Kier alpha value is -2.28. The molecule has 1 saturated heterocycles. The monoisotopic (exact) mass is 413 g/mol. The lowest BCUT2D eigenvalue weighted by Crippen LogP contribution is -2.40. The van der Waals surface area contributed by atoms with E-state index in [0.717, 1.165) is 62.7 Å². The molecule has 0 aromatic carbocycles. The lowest BCUT2D eigenvalue weighted by molar-refractivity contribution is 0.428. The van der Waals surface area contributed by atoms with Gasteiger partial charge in [-0.2, -0.15) is 5.11 Å². The first-order chi connectivity index (χ1) is 14.5. The van der Waals surface area contributed by atoms with Crippen LogP contribution < -0.4 is 15.5 Å². The van der Waals surface area contributed by atoms with Gasteiger partial charge in [0.05, 0.1) is 6.54 Å². The molecule has 166 valence electrons. The molecule has 2 atom stereocenters. The molecule has 1 aliphatic rings. The molecule has 7 nitrogen and oxygen atoms in total. The molecule has 2 rings (SSSR count). The molecule has 1 aromatic rings. The second kappa shape index (κ2) is 12.4. The van der Waals surface area contributed by atoms with E-state index < -0.39 is 0 Å². The number of nitrogens with zero attached hydrogens (tertiary/aromatic N) is 5. The average Bonchev–Trinajstić information content (AvgIpc) is 2.77. The number of nitrogens with one attached hydrogen (secondary N) is 2. The minimum absolute atomic E-state index is 0.328. The van der Waals surface area contributed by atoms with Crippen molar-refractivity contribution in [3.05, 3.63) is 42.6 Å². The summed E-state index contributed by atoms with van der Waals surface area (Å²) in [6.45, 7) is 20.3. The summed E-state index contributed by atoms with van der Waals surface area (Å²) in [7, 11) is 0. The van der Waals surface area contributed by atoms with Crippen LogP contribution in [0.25, 0.3) is 0 Å². The maximum Gasteiger partial charge on any atom is 0.225 e. The van der Waals surface area contributed by atoms with Crippen LogP contribution in [0.2, 0.25) is 0 Å². The van der Waals surface area contributed by atoms with Gasteiger partial charge < -0.3 is 15.5 Å². The number of piperidine rings is 1. The molecule has 2 N–H and O–H groups in total. The fraction of sp³-hybridized carbons (Fsp3) is 0.652. The summed E-state index contributed by atoms with van der Waals surface area (Å²) in [5.41, 5.74) is 2.03. The van der Waals surface area contributed by atoms with Gasteiger partial charge in [-0.3, -0.25) is 0 Å². The summed E-state index contributed by atoms with van der Waals surface area (Å²) in [6, 6.07) is 2.41. The van der Waals surface area contributed by atoms with Crippen molar-refractivity contribution < 1.29 is 0 Å². The van der Waals surface area contributed by atoms with Crippen molar-refractivity contribution in [3.8, 4) is 0 Å². The molecule has 1 fully saturated rings. The number of rotatable bonds is 12. The summed E-state index contributed by atoms with van der Waals surface area (Å²) in [6.07, 6.45) is 6.04. The molecule has 1 unspecified atom stereocenters. The molecular weight excluding hydrogens is 374 g/mol. The number of azo groups is 1. The van der Waals surface area contributed by atoms with E-state index >= 15 is 0 Å². The van der Waals surface area contributed by atoms with E-state index in [-0.39, 0.29) is 0 Å². The molecule has 0 bridgehead atoms. The zero-order valence-corrected chi connectivity index (χ0v) is 19.2. The molecular formula is C23H39N7. The normalized spacial score (nSPS) is 16.9. The molecule has 0 radical (unpaired) electrons. The highest BCUT2D eigenvalue weighted by Gasteiger charge is 2.23. The van der Waals surface area contributed by atoms with Crippen molar-refractivity contribution in [1.29, 1.82) is 0 Å². The van der Waals surface area contributed by atoms with Crippen LogP contribution in [0.1, 0.15) is 65.0 Å². The summed E-state index contributed by atoms with van der Waals surface area (Å²) >= 11 is 0. The predicted octanol–water partition coefficient (Wildman–Crippen LogP) is 4.62. The Bertz CT molecular complexity index is 709. The third kappa shape index (κ3) is 7.20. The van der Waals surface area contributed by atoms with Crippen LogP contribution in [0.5, 0.6) is 0 Å². The lowest BCUT2D eigenvalue weighted by atomic mass is 9.94. The van der Waals surface area contributed by atoms with Crippen molar-refractivity contribution in [2.45, 2.75) is 65.3 Å². The van der Waals surface area contributed by atoms with E-state index in [1.165, 1.54) is 0 Å². The Morgan fingerprint density at radius 2 is 2.03 bits per heavy atom. The molecule has 0 spiro atoms. The van der Waals surface area contributed by atoms with Crippen LogP contribution in [0.4, 0.5) is 5.95 Å². The number of anilines is 1. The minimum Gasteiger partial charge on any atom is -0.343 e. The SMILES string of the molecule is C=C(CCN(c1nccc(C2CCNCC2)n1)[C@H](C)C(C)CC)NC(=C)N=NCC. The van der Waals surface area contributed by atoms with Crippen LogP contribution in [0.3, 0.4) is 0 Å². The Labute approximate surface area is 182 Å². The minimum atomic E-state index is 0.328. The Morgan fingerprint density at radius 1 is 1.30 bits per heavy atom. The Balaban J connectivity index is 2.12. The first-order valence-electron chi connectivity index (χ1n) is 11.3.